The van der Waals surface area contributed by atoms with Gasteiger partial charge in [-0.2, -0.15) is 0 Å². The van der Waals surface area contributed by atoms with Gasteiger partial charge in [0.25, 0.3) is 0 Å². The van der Waals surface area contributed by atoms with Crippen molar-refractivity contribution in [2.24, 2.45) is 0 Å². The summed E-state index contributed by atoms with van der Waals surface area (Å²) < 4.78 is 0. The van der Waals surface area contributed by atoms with E-state index >= 15 is 0 Å². The molecular weight excluding hydrogens is 288 g/mol. The standard InChI is InChI=1S/C19H24N2O2/c22-14-20-12-16-8-9-17(13-20)21(16)18(23)19(10-4-5-11-19)15-6-2-1-3-7-15/h1-3,6-7,14,16-17H,4-5,8-13H2. The van der Waals surface area contributed by atoms with E-state index in [1.807, 2.05) is 23.1 Å². The van der Waals surface area contributed by atoms with Gasteiger partial charge >= 0.3 is 0 Å². The van der Waals surface area contributed by atoms with Crippen LogP contribution >= 0.6 is 0 Å². The van der Waals surface area contributed by atoms with Crippen LogP contribution in [0.3, 0.4) is 0 Å². The Bertz CT molecular complexity index is 581. The molecule has 2 atom stereocenters. The summed E-state index contributed by atoms with van der Waals surface area (Å²) in [5.41, 5.74) is 0.852. The first kappa shape index (κ1) is 14.7. The third-order valence-corrected chi connectivity index (χ3v) is 6.09. The Hall–Kier alpha value is -1.84. The van der Waals surface area contributed by atoms with Gasteiger partial charge in [0.2, 0.25) is 12.3 Å². The predicted molar refractivity (Wildman–Crippen MR) is 87.9 cm³/mol. The summed E-state index contributed by atoms with van der Waals surface area (Å²) in [6.07, 6.45) is 7.19. The van der Waals surface area contributed by atoms with Crippen LogP contribution in [0.4, 0.5) is 0 Å². The highest BCUT2D eigenvalue weighted by Crippen LogP contribution is 2.45. The second-order valence-corrected chi connectivity index (χ2v) is 7.31. The number of rotatable bonds is 3. The van der Waals surface area contributed by atoms with E-state index in [0.717, 1.165) is 44.9 Å². The number of carbonyl (C=O) groups excluding carboxylic acids is 2. The van der Waals surface area contributed by atoms with E-state index in [1.54, 1.807) is 0 Å². The van der Waals surface area contributed by atoms with E-state index in [1.165, 1.54) is 5.56 Å². The van der Waals surface area contributed by atoms with E-state index in [2.05, 4.69) is 17.0 Å². The number of likely N-dealkylation sites (tertiary alicyclic amines) is 1. The van der Waals surface area contributed by atoms with E-state index in [4.69, 9.17) is 0 Å². The number of amides is 2. The van der Waals surface area contributed by atoms with Crippen molar-refractivity contribution in [3.63, 3.8) is 0 Å². The summed E-state index contributed by atoms with van der Waals surface area (Å²) in [4.78, 5) is 28.7. The molecule has 1 aromatic carbocycles. The Morgan fingerprint density at radius 3 is 2.22 bits per heavy atom. The van der Waals surface area contributed by atoms with Crippen LogP contribution < -0.4 is 0 Å². The molecule has 4 nitrogen and oxygen atoms in total. The van der Waals surface area contributed by atoms with Crippen LogP contribution in [0.2, 0.25) is 0 Å². The Balaban J connectivity index is 1.66. The fourth-order valence-corrected chi connectivity index (χ4v) is 4.96. The maximum atomic E-state index is 13.6. The van der Waals surface area contributed by atoms with Crippen molar-refractivity contribution in [1.29, 1.82) is 0 Å². The smallest absolute Gasteiger partial charge is 0.233 e. The fraction of sp³-hybridized carbons (Fsp3) is 0.579. The SMILES string of the molecule is O=CN1CC2CCC(C1)N2C(=O)C1(c2ccccc2)CCCC1. The molecule has 3 fully saturated rings. The van der Waals surface area contributed by atoms with E-state index in [-0.39, 0.29) is 17.5 Å². The molecule has 4 heteroatoms. The van der Waals surface area contributed by atoms with Gasteiger partial charge in [0, 0.05) is 25.2 Å². The first-order valence-corrected chi connectivity index (χ1v) is 8.82. The minimum Gasteiger partial charge on any atom is -0.341 e. The molecule has 2 saturated heterocycles. The minimum atomic E-state index is -0.328. The minimum absolute atomic E-state index is 0.215. The lowest BCUT2D eigenvalue weighted by Crippen LogP contribution is -2.59. The van der Waals surface area contributed by atoms with Crippen molar-refractivity contribution in [3.8, 4) is 0 Å². The van der Waals surface area contributed by atoms with Crippen molar-refractivity contribution in [2.45, 2.75) is 56.0 Å². The largest absolute Gasteiger partial charge is 0.341 e. The first-order valence-electron chi connectivity index (χ1n) is 8.82. The number of piperazine rings is 1. The van der Waals surface area contributed by atoms with Gasteiger partial charge in [-0.15, -0.1) is 0 Å². The maximum Gasteiger partial charge on any atom is 0.233 e. The van der Waals surface area contributed by atoms with Gasteiger partial charge in [-0.25, -0.2) is 0 Å². The van der Waals surface area contributed by atoms with E-state index < -0.39 is 0 Å². The number of fused-ring (bicyclic) bond motifs is 2. The fourth-order valence-electron chi connectivity index (χ4n) is 4.96. The van der Waals surface area contributed by atoms with Crippen molar-refractivity contribution >= 4 is 12.3 Å². The van der Waals surface area contributed by atoms with Crippen LogP contribution in [0, 0.1) is 0 Å². The summed E-state index contributed by atoms with van der Waals surface area (Å²) in [5.74, 6) is 0.319. The van der Waals surface area contributed by atoms with Gasteiger partial charge < -0.3 is 9.80 Å². The highest BCUT2D eigenvalue weighted by molar-refractivity contribution is 5.89. The van der Waals surface area contributed by atoms with Crippen LogP contribution in [0.15, 0.2) is 30.3 Å². The molecular formula is C19H24N2O2. The zero-order chi connectivity index (χ0) is 15.9. The zero-order valence-corrected chi connectivity index (χ0v) is 13.5. The molecule has 2 unspecified atom stereocenters. The number of carbonyl (C=O) groups is 2. The molecule has 122 valence electrons. The normalized spacial score (nSPS) is 28.9. The van der Waals surface area contributed by atoms with Gasteiger partial charge in [0.1, 0.15) is 0 Å². The topological polar surface area (TPSA) is 40.6 Å². The van der Waals surface area contributed by atoms with Crippen molar-refractivity contribution in [2.75, 3.05) is 13.1 Å². The molecule has 4 rings (SSSR count). The summed E-state index contributed by atoms with van der Waals surface area (Å²) >= 11 is 0. The highest BCUT2D eigenvalue weighted by Gasteiger charge is 2.51. The van der Waals surface area contributed by atoms with Crippen LogP contribution in [0.25, 0.3) is 0 Å². The monoisotopic (exact) mass is 312 g/mol. The summed E-state index contributed by atoms with van der Waals surface area (Å²) in [5, 5.41) is 0. The molecule has 3 aliphatic rings. The summed E-state index contributed by atoms with van der Waals surface area (Å²) in [7, 11) is 0. The molecule has 1 saturated carbocycles. The third-order valence-electron chi connectivity index (χ3n) is 6.09. The second kappa shape index (κ2) is 5.66. The Morgan fingerprint density at radius 1 is 1.04 bits per heavy atom. The van der Waals surface area contributed by atoms with Crippen molar-refractivity contribution in [1.82, 2.24) is 9.80 Å². The predicted octanol–water partition coefficient (Wildman–Crippen LogP) is 2.33. The number of hydrogen-bond donors (Lipinski definition) is 0. The van der Waals surface area contributed by atoms with Gasteiger partial charge in [0.15, 0.2) is 0 Å². The second-order valence-electron chi connectivity index (χ2n) is 7.31. The first-order chi connectivity index (χ1) is 11.2. The average Bonchev–Trinajstić information content (AvgIpc) is 3.19. The maximum absolute atomic E-state index is 13.6. The molecule has 2 heterocycles. The van der Waals surface area contributed by atoms with Crippen LogP contribution in [-0.2, 0) is 15.0 Å². The molecule has 0 radical (unpaired) electrons. The lowest BCUT2D eigenvalue weighted by Gasteiger charge is -2.44. The molecule has 23 heavy (non-hydrogen) atoms. The molecule has 0 spiro atoms. The summed E-state index contributed by atoms with van der Waals surface area (Å²) in [6.45, 7) is 1.41. The van der Waals surface area contributed by atoms with E-state index in [9.17, 15) is 9.59 Å². The van der Waals surface area contributed by atoms with Gasteiger partial charge in [-0.1, -0.05) is 43.2 Å². The van der Waals surface area contributed by atoms with Gasteiger partial charge in [-0.3, -0.25) is 9.59 Å². The zero-order valence-electron chi connectivity index (χ0n) is 13.5. The van der Waals surface area contributed by atoms with E-state index in [0.29, 0.717) is 19.0 Å². The van der Waals surface area contributed by atoms with Crippen molar-refractivity contribution in [3.05, 3.63) is 35.9 Å². The van der Waals surface area contributed by atoms with Crippen LogP contribution in [0.5, 0.6) is 0 Å². The van der Waals surface area contributed by atoms with Gasteiger partial charge in [0.05, 0.1) is 5.41 Å². The van der Waals surface area contributed by atoms with Crippen LogP contribution in [-0.4, -0.2) is 47.3 Å². The summed E-state index contributed by atoms with van der Waals surface area (Å²) in [6, 6.07) is 10.8. The number of hydrogen-bond acceptors (Lipinski definition) is 2. The van der Waals surface area contributed by atoms with Crippen molar-refractivity contribution < 1.29 is 9.59 Å². The molecule has 0 aromatic heterocycles. The lowest BCUT2D eigenvalue weighted by atomic mass is 9.77. The molecule has 0 N–H and O–H groups in total. The highest BCUT2D eigenvalue weighted by atomic mass is 16.2. The quantitative estimate of drug-likeness (QED) is 0.804. The molecule has 1 aromatic rings. The molecule has 2 aliphatic heterocycles. The Labute approximate surface area is 137 Å². The van der Waals surface area contributed by atoms with Crippen LogP contribution in [0.1, 0.15) is 44.1 Å². The number of benzene rings is 1. The average molecular weight is 312 g/mol. The Morgan fingerprint density at radius 2 is 1.65 bits per heavy atom. The van der Waals surface area contributed by atoms with Gasteiger partial charge in [-0.05, 0) is 31.2 Å². The Kier molecular flexibility index (Phi) is 3.63. The molecule has 1 aliphatic carbocycles. The lowest BCUT2D eigenvalue weighted by molar-refractivity contribution is -0.145. The number of nitrogens with zero attached hydrogens (tertiary/aromatic N) is 2. The molecule has 2 bridgehead atoms. The third kappa shape index (κ3) is 2.27. The molecule has 2 amide bonds.